The maximum absolute atomic E-state index is 11.3. The number of hydrogen-bond acceptors (Lipinski definition) is 6. The number of aromatic nitrogens is 2. The van der Waals surface area contributed by atoms with E-state index in [4.69, 9.17) is 10.9 Å². The maximum Gasteiger partial charge on any atom is 0.276 e. The Bertz CT molecular complexity index is 783. The number of hydrogen-bond donors (Lipinski definition) is 4. The van der Waals surface area contributed by atoms with E-state index >= 15 is 0 Å². The molecular weight excluding hydrogens is 294 g/mol. The van der Waals surface area contributed by atoms with E-state index in [1.54, 1.807) is 12.1 Å². The number of primary sulfonamides is 1. The Balaban J connectivity index is 1.98. The molecule has 112 valence electrons. The molecule has 2 aromatic rings. The van der Waals surface area contributed by atoms with Crippen LogP contribution in [0.2, 0.25) is 0 Å². The molecule has 1 heterocycles. The van der Waals surface area contributed by atoms with Crippen LogP contribution in [0, 0.1) is 0 Å². The largest absolute Gasteiger partial charge is 0.391 e. The topological polar surface area (TPSA) is 144 Å². The molecule has 0 radical (unpaired) electrons. The molecule has 6 N–H and O–H groups in total. The fourth-order valence-electron chi connectivity index (χ4n) is 1.72. The summed E-state index contributed by atoms with van der Waals surface area (Å²) in [6.45, 7) is 0.495. The first-order valence-electron chi connectivity index (χ1n) is 6.06. The quantitative estimate of drug-likeness (QED) is 0.594. The molecule has 1 aromatic heterocycles. The van der Waals surface area contributed by atoms with Gasteiger partial charge in [-0.1, -0.05) is 12.1 Å². The molecule has 1 aromatic carbocycles. The highest BCUT2D eigenvalue weighted by Crippen LogP contribution is 2.11. The Hall–Kier alpha value is -2.39. The highest BCUT2D eigenvalue weighted by molar-refractivity contribution is 7.89. The fourth-order valence-corrected chi connectivity index (χ4v) is 2.24. The van der Waals surface area contributed by atoms with Crippen LogP contribution in [-0.4, -0.2) is 24.9 Å². The van der Waals surface area contributed by atoms with Crippen molar-refractivity contribution >= 4 is 21.5 Å². The number of nitrogens with one attached hydrogen (secondary N) is 2. The minimum Gasteiger partial charge on any atom is -0.391 e. The molecule has 0 amide bonds. The van der Waals surface area contributed by atoms with Gasteiger partial charge in [0.2, 0.25) is 10.0 Å². The molecule has 2 rings (SSSR count). The fraction of sp³-hybridized carbons (Fsp3) is 0.167. The molecule has 0 aliphatic heterocycles. The van der Waals surface area contributed by atoms with Gasteiger partial charge < -0.3 is 16.0 Å². The van der Waals surface area contributed by atoms with Crippen molar-refractivity contribution in [3.63, 3.8) is 0 Å². The van der Waals surface area contributed by atoms with Crippen LogP contribution in [-0.2, 0) is 16.4 Å². The maximum atomic E-state index is 11.3. The first-order valence-corrected chi connectivity index (χ1v) is 7.61. The van der Waals surface area contributed by atoms with Gasteiger partial charge in [-0.05, 0) is 24.1 Å². The van der Waals surface area contributed by atoms with E-state index in [9.17, 15) is 13.2 Å². The van der Waals surface area contributed by atoms with E-state index in [1.807, 2.05) is 0 Å². The van der Waals surface area contributed by atoms with Gasteiger partial charge in [-0.2, -0.15) is 0 Å². The van der Waals surface area contributed by atoms with Crippen molar-refractivity contribution in [2.45, 2.75) is 11.3 Å². The summed E-state index contributed by atoms with van der Waals surface area (Å²) in [6, 6.07) is 6.25. The summed E-state index contributed by atoms with van der Waals surface area (Å²) in [4.78, 5) is 17.6. The Morgan fingerprint density at radius 3 is 2.52 bits per heavy atom. The van der Waals surface area contributed by atoms with Crippen molar-refractivity contribution in [3.05, 3.63) is 46.5 Å². The third-order valence-electron chi connectivity index (χ3n) is 2.85. The zero-order valence-electron chi connectivity index (χ0n) is 11.0. The summed E-state index contributed by atoms with van der Waals surface area (Å²) in [5.74, 6) is 0.319. The molecule has 0 saturated heterocycles. The molecule has 0 aliphatic rings. The van der Waals surface area contributed by atoms with Gasteiger partial charge in [0.25, 0.3) is 5.56 Å². The standard InChI is InChI=1S/C12H15N5O3S/c13-10-11(16-7-17-12(10)18)15-6-5-8-1-3-9(4-2-8)21(14,19)20/h1-4,7H,5-6,13H2,(H2,14,19,20)(H2,15,16,17,18). The molecule has 0 spiro atoms. The normalized spacial score (nSPS) is 11.3. The van der Waals surface area contributed by atoms with Crippen LogP contribution in [0.4, 0.5) is 11.5 Å². The second-order valence-corrected chi connectivity index (χ2v) is 5.92. The number of benzene rings is 1. The number of nitrogens with two attached hydrogens (primary N) is 2. The van der Waals surface area contributed by atoms with Crippen molar-refractivity contribution in [2.24, 2.45) is 5.14 Å². The number of aromatic amines is 1. The zero-order valence-corrected chi connectivity index (χ0v) is 11.9. The molecule has 0 aliphatic carbocycles. The van der Waals surface area contributed by atoms with E-state index in [1.165, 1.54) is 18.5 Å². The van der Waals surface area contributed by atoms with Gasteiger partial charge in [-0.25, -0.2) is 18.5 Å². The van der Waals surface area contributed by atoms with Crippen molar-refractivity contribution in [2.75, 3.05) is 17.6 Å². The summed E-state index contributed by atoms with van der Waals surface area (Å²) < 4.78 is 22.2. The first kappa shape index (κ1) is 15.0. The Kier molecular flexibility index (Phi) is 4.24. The van der Waals surface area contributed by atoms with Gasteiger partial charge in [0.1, 0.15) is 5.69 Å². The van der Waals surface area contributed by atoms with E-state index in [0.29, 0.717) is 18.8 Å². The number of nitrogens with zero attached hydrogens (tertiary/aromatic N) is 1. The first-order chi connectivity index (χ1) is 9.88. The summed E-state index contributed by atoms with van der Waals surface area (Å²) in [5.41, 5.74) is 6.13. The SMILES string of the molecule is Nc1c(NCCc2ccc(S(N)(=O)=O)cc2)nc[nH]c1=O. The summed E-state index contributed by atoms with van der Waals surface area (Å²) >= 11 is 0. The predicted octanol–water partition coefficient (Wildman–Crippen LogP) is -0.346. The molecule has 0 bridgehead atoms. The monoisotopic (exact) mass is 309 g/mol. The van der Waals surface area contributed by atoms with Gasteiger partial charge in [-0.15, -0.1) is 0 Å². The smallest absolute Gasteiger partial charge is 0.276 e. The van der Waals surface area contributed by atoms with E-state index in [-0.39, 0.29) is 10.6 Å². The van der Waals surface area contributed by atoms with E-state index < -0.39 is 15.6 Å². The lowest BCUT2D eigenvalue weighted by Crippen LogP contribution is -2.17. The lowest BCUT2D eigenvalue weighted by molar-refractivity contribution is 0.598. The van der Waals surface area contributed by atoms with Crippen LogP contribution in [0.1, 0.15) is 5.56 Å². The number of sulfonamides is 1. The average molecular weight is 309 g/mol. The van der Waals surface area contributed by atoms with Gasteiger partial charge in [0, 0.05) is 6.54 Å². The van der Waals surface area contributed by atoms with Crippen LogP contribution >= 0.6 is 0 Å². The average Bonchev–Trinajstić information content (AvgIpc) is 2.43. The van der Waals surface area contributed by atoms with Crippen molar-refractivity contribution in [3.8, 4) is 0 Å². The Labute approximate surface area is 121 Å². The van der Waals surface area contributed by atoms with E-state index in [0.717, 1.165) is 5.56 Å². The van der Waals surface area contributed by atoms with Crippen LogP contribution in [0.5, 0.6) is 0 Å². The second kappa shape index (κ2) is 5.94. The second-order valence-electron chi connectivity index (χ2n) is 4.36. The molecule has 0 atom stereocenters. The van der Waals surface area contributed by atoms with Gasteiger partial charge in [-0.3, -0.25) is 4.79 Å². The molecule has 8 nitrogen and oxygen atoms in total. The van der Waals surface area contributed by atoms with E-state index in [2.05, 4.69) is 15.3 Å². The molecule has 0 saturated carbocycles. The minimum absolute atomic E-state index is 0.0297. The third-order valence-corrected chi connectivity index (χ3v) is 3.78. The molecule has 0 fully saturated rings. The number of rotatable bonds is 5. The Morgan fingerprint density at radius 1 is 1.24 bits per heavy atom. The lowest BCUT2D eigenvalue weighted by Gasteiger charge is -2.07. The van der Waals surface area contributed by atoms with Crippen LogP contribution in [0.3, 0.4) is 0 Å². The van der Waals surface area contributed by atoms with Crippen LogP contribution in [0.25, 0.3) is 0 Å². The van der Waals surface area contributed by atoms with Crippen molar-refractivity contribution in [1.82, 2.24) is 9.97 Å². The van der Waals surface area contributed by atoms with Gasteiger partial charge in [0.15, 0.2) is 5.82 Å². The minimum atomic E-state index is -3.67. The molecule has 9 heteroatoms. The van der Waals surface area contributed by atoms with Crippen LogP contribution < -0.4 is 21.7 Å². The highest BCUT2D eigenvalue weighted by atomic mass is 32.2. The third kappa shape index (κ3) is 3.80. The summed E-state index contributed by atoms with van der Waals surface area (Å²) in [7, 11) is -3.67. The summed E-state index contributed by atoms with van der Waals surface area (Å²) in [6.07, 6.45) is 1.88. The highest BCUT2D eigenvalue weighted by Gasteiger charge is 2.07. The molecular formula is C12H15N5O3S. The predicted molar refractivity (Wildman–Crippen MR) is 79.3 cm³/mol. The van der Waals surface area contributed by atoms with Crippen molar-refractivity contribution in [1.29, 1.82) is 0 Å². The van der Waals surface area contributed by atoms with Crippen LogP contribution in [0.15, 0.2) is 40.3 Å². The Morgan fingerprint density at radius 2 is 1.90 bits per heavy atom. The zero-order chi connectivity index (χ0) is 15.5. The number of anilines is 2. The summed E-state index contributed by atoms with van der Waals surface area (Å²) in [5, 5.41) is 7.97. The molecule has 21 heavy (non-hydrogen) atoms. The number of H-pyrrole nitrogens is 1. The van der Waals surface area contributed by atoms with Crippen molar-refractivity contribution < 1.29 is 8.42 Å². The van der Waals surface area contributed by atoms with Gasteiger partial charge in [0.05, 0.1) is 11.2 Å². The lowest BCUT2D eigenvalue weighted by atomic mass is 10.1. The number of nitrogen functional groups attached to an aromatic ring is 1. The van der Waals surface area contributed by atoms with Gasteiger partial charge >= 0.3 is 0 Å². The molecule has 0 unspecified atom stereocenters.